The molecular formula is C24H24F2N2O5. The van der Waals surface area contributed by atoms with Gasteiger partial charge in [-0.1, -0.05) is 54.6 Å². The lowest BCUT2D eigenvalue weighted by Gasteiger charge is -2.21. The first-order valence-corrected chi connectivity index (χ1v) is 10.4. The normalized spacial score (nSPS) is 14.0. The Morgan fingerprint density at radius 3 is 2.09 bits per heavy atom. The van der Waals surface area contributed by atoms with Crippen molar-refractivity contribution in [3.63, 3.8) is 0 Å². The number of fused-ring (bicyclic) bond motifs is 3. The molecule has 3 N–H and O–H groups in total. The predicted molar refractivity (Wildman–Crippen MR) is 117 cm³/mol. The van der Waals surface area contributed by atoms with E-state index in [1.54, 1.807) is 0 Å². The van der Waals surface area contributed by atoms with Crippen molar-refractivity contribution < 1.29 is 33.0 Å². The molecule has 2 atom stereocenters. The van der Waals surface area contributed by atoms with Crippen LogP contribution in [0.3, 0.4) is 0 Å². The van der Waals surface area contributed by atoms with Gasteiger partial charge in [0.1, 0.15) is 18.7 Å². The second-order valence-corrected chi connectivity index (χ2v) is 7.57. The van der Waals surface area contributed by atoms with Crippen LogP contribution in [-0.4, -0.2) is 48.2 Å². The zero-order chi connectivity index (χ0) is 24.0. The average Bonchev–Trinajstić information content (AvgIpc) is 3.10. The Balaban J connectivity index is 1.64. The van der Waals surface area contributed by atoms with Crippen LogP contribution in [0.2, 0.25) is 0 Å². The fourth-order valence-corrected chi connectivity index (χ4v) is 3.85. The van der Waals surface area contributed by atoms with Crippen LogP contribution < -0.4 is 10.6 Å². The zero-order valence-electron chi connectivity index (χ0n) is 17.7. The maximum Gasteiger partial charge on any atom is 0.407 e. The first kappa shape index (κ1) is 23.9. The molecular weight excluding hydrogens is 434 g/mol. The van der Waals surface area contributed by atoms with Crippen molar-refractivity contribution in [2.24, 2.45) is 0 Å². The molecule has 1 aliphatic carbocycles. The highest BCUT2D eigenvalue weighted by Gasteiger charge is 2.31. The Morgan fingerprint density at radius 1 is 1.00 bits per heavy atom. The van der Waals surface area contributed by atoms with Crippen molar-refractivity contribution in [2.45, 2.75) is 37.3 Å². The molecule has 3 rings (SSSR count). The van der Waals surface area contributed by atoms with Crippen LogP contribution in [-0.2, 0) is 14.3 Å². The number of ether oxygens (including phenoxy) is 1. The van der Waals surface area contributed by atoms with Crippen molar-refractivity contribution in [2.75, 3.05) is 6.61 Å². The molecule has 0 aliphatic heterocycles. The van der Waals surface area contributed by atoms with Crippen LogP contribution in [0.25, 0.3) is 11.1 Å². The Bertz CT molecular complexity index is 998. The van der Waals surface area contributed by atoms with Crippen molar-refractivity contribution in [3.05, 3.63) is 72.3 Å². The van der Waals surface area contributed by atoms with Crippen molar-refractivity contribution in [1.82, 2.24) is 10.6 Å². The molecule has 2 aromatic carbocycles. The number of carboxylic acid groups (broad SMARTS) is 1. The molecule has 2 aromatic rings. The molecule has 0 spiro atoms. The van der Waals surface area contributed by atoms with Crippen LogP contribution in [0.1, 0.15) is 29.9 Å². The Kier molecular flexibility index (Phi) is 7.76. The third kappa shape index (κ3) is 5.74. The lowest BCUT2D eigenvalue weighted by atomic mass is 9.98. The first-order valence-electron chi connectivity index (χ1n) is 10.4. The molecule has 2 unspecified atom stereocenters. The van der Waals surface area contributed by atoms with E-state index in [1.165, 1.54) is 6.08 Å². The van der Waals surface area contributed by atoms with Gasteiger partial charge in [-0.15, -0.1) is 6.58 Å². The van der Waals surface area contributed by atoms with E-state index in [0.717, 1.165) is 22.3 Å². The number of carboxylic acids is 1. The van der Waals surface area contributed by atoms with Crippen molar-refractivity contribution in [3.8, 4) is 11.1 Å². The molecule has 2 amide bonds. The second-order valence-electron chi connectivity index (χ2n) is 7.57. The van der Waals surface area contributed by atoms with Gasteiger partial charge in [-0.2, -0.15) is 0 Å². The minimum atomic E-state index is -2.92. The number of aliphatic carboxylic acids is 1. The third-order valence-electron chi connectivity index (χ3n) is 5.38. The van der Waals surface area contributed by atoms with Gasteiger partial charge in [0.15, 0.2) is 0 Å². The topological polar surface area (TPSA) is 105 Å². The molecule has 0 saturated heterocycles. The monoisotopic (exact) mass is 458 g/mol. The van der Waals surface area contributed by atoms with Gasteiger partial charge in [0, 0.05) is 12.3 Å². The maximum atomic E-state index is 12.6. The number of amides is 2. The molecule has 0 bridgehead atoms. The summed E-state index contributed by atoms with van der Waals surface area (Å²) in [5, 5.41) is 13.4. The molecule has 0 heterocycles. The van der Waals surface area contributed by atoms with Crippen LogP contribution in [0.15, 0.2) is 61.2 Å². The van der Waals surface area contributed by atoms with Crippen LogP contribution in [0, 0.1) is 0 Å². The SMILES string of the molecule is C=CCC(NC(=O)OCC1c2ccccc2-c2ccccc21)C(=O)NC(CC(F)F)C(=O)O. The first-order chi connectivity index (χ1) is 15.8. The summed E-state index contributed by atoms with van der Waals surface area (Å²) < 4.78 is 30.6. The summed E-state index contributed by atoms with van der Waals surface area (Å²) in [6.45, 7) is 3.52. The van der Waals surface area contributed by atoms with Gasteiger partial charge in [0.25, 0.3) is 0 Å². The molecule has 7 nitrogen and oxygen atoms in total. The standard InChI is InChI=1S/C24H24F2N2O5/c1-2-7-19(22(29)27-20(23(30)31)12-21(25)26)28-24(32)33-13-18-16-10-5-3-8-14(16)15-9-4-6-11-17(15)18/h2-6,8-11,18-21H,1,7,12-13H2,(H,27,29)(H,28,32)(H,30,31). The Morgan fingerprint density at radius 2 is 1.58 bits per heavy atom. The van der Waals surface area contributed by atoms with Crippen LogP contribution in [0.4, 0.5) is 13.6 Å². The molecule has 1 aliphatic rings. The number of rotatable bonds is 10. The number of halogens is 2. The van der Waals surface area contributed by atoms with Gasteiger partial charge in [-0.05, 0) is 28.7 Å². The fourth-order valence-electron chi connectivity index (χ4n) is 3.85. The molecule has 0 aromatic heterocycles. The van der Waals surface area contributed by atoms with Gasteiger partial charge in [0.2, 0.25) is 12.3 Å². The van der Waals surface area contributed by atoms with Gasteiger partial charge < -0.3 is 20.5 Å². The number of carbonyl (C=O) groups excluding carboxylic acids is 2. The highest BCUT2D eigenvalue weighted by Crippen LogP contribution is 2.44. The lowest BCUT2D eigenvalue weighted by molar-refractivity contribution is -0.143. The van der Waals surface area contributed by atoms with Gasteiger partial charge >= 0.3 is 12.1 Å². The molecule has 0 saturated carbocycles. The largest absolute Gasteiger partial charge is 0.480 e. The summed E-state index contributed by atoms with van der Waals surface area (Å²) in [5.74, 6) is -2.70. The van der Waals surface area contributed by atoms with E-state index in [9.17, 15) is 23.2 Å². The Labute approximate surface area is 189 Å². The van der Waals surface area contributed by atoms with E-state index in [1.807, 2.05) is 53.8 Å². The second kappa shape index (κ2) is 10.7. The van der Waals surface area contributed by atoms with Gasteiger partial charge in [-0.25, -0.2) is 18.4 Å². The molecule has 0 radical (unpaired) electrons. The summed E-state index contributed by atoms with van der Waals surface area (Å²) in [6, 6.07) is 12.6. The third-order valence-corrected chi connectivity index (χ3v) is 5.38. The van der Waals surface area contributed by atoms with Crippen molar-refractivity contribution in [1.29, 1.82) is 0 Å². The highest BCUT2D eigenvalue weighted by molar-refractivity contribution is 5.89. The zero-order valence-corrected chi connectivity index (χ0v) is 17.7. The van der Waals surface area contributed by atoms with Crippen LogP contribution in [0.5, 0.6) is 0 Å². The Hall–Kier alpha value is -3.75. The number of nitrogens with one attached hydrogen (secondary N) is 2. The number of alkyl carbamates (subject to hydrolysis) is 1. The van der Waals surface area contributed by atoms with E-state index in [4.69, 9.17) is 9.84 Å². The quantitative estimate of drug-likeness (QED) is 0.471. The highest BCUT2D eigenvalue weighted by atomic mass is 19.3. The summed E-state index contributed by atoms with van der Waals surface area (Å²) in [7, 11) is 0. The van der Waals surface area contributed by atoms with E-state index in [0.29, 0.717) is 0 Å². The minimum Gasteiger partial charge on any atom is -0.480 e. The summed E-state index contributed by atoms with van der Waals surface area (Å²) in [5.41, 5.74) is 4.15. The van der Waals surface area contributed by atoms with E-state index >= 15 is 0 Å². The minimum absolute atomic E-state index is 0.0193. The molecule has 0 fully saturated rings. The smallest absolute Gasteiger partial charge is 0.407 e. The number of hydrogen-bond acceptors (Lipinski definition) is 4. The maximum absolute atomic E-state index is 12.6. The van der Waals surface area contributed by atoms with E-state index in [2.05, 4.69) is 11.9 Å². The van der Waals surface area contributed by atoms with Crippen LogP contribution >= 0.6 is 0 Å². The average molecular weight is 458 g/mol. The van der Waals surface area contributed by atoms with Gasteiger partial charge in [0.05, 0.1) is 0 Å². The van der Waals surface area contributed by atoms with E-state index < -0.39 is 42.9 Å². The van der Waals surface area contributed by atoms with Gasteiger partial charge in [-0.3, -0.25) is 4.79 Å². The summed E-state index contributed by atoms with van der Waals surface area (Å²) in [4.78, 5) is 36.0. The lowest BCUT2D eigenvalue weighted by Crippen LogP contribution is -2.52. The van der Waals surface area contributed by atoms with Crippen molar-refractivity contribution >= 4 is 18.0 Å². The fraction of sp³-hybridized carbons (Fsp3) is 0.292. The predicted octanol–water partition coefficient (Wildman–Crippen LogP) is 3.69. The number of benzene rings is 2. The molecule has 9 heteroatoms. The summed E-state index contributed by atoms with van der Waals surface area (Å²) >= 11 is 0. The number of carbonyl (C=O) groups is 3. The van der Waals surface area contributed by atoms with E-state index in [-0.39, 0.29) is 18.9 Å². The number of alkyl halides is 2. The summed E-state index contributed by atoms with van der Waals surface area (Å²) in [6.07, 6.45) is -3.56. The molecule has 33 heavy (non-hydrogen) atoms. The number of hydrogen-bond donors (Lipinski definition) is 3. The molecule has 174 valence electrons.